The number of piperidine rings is 1. The van der Waals surface area contributed by atoms with Crippen LogP contribution in [0.15, 0.2) is 12.4 Å². The van der Waals surface area contributed by atoms with Crippen LogP contribution in [0.5, 0.6) is 0 Å². The summed E-state index contributed by atoms with van der Waals surface area (Å²) in [5.74, 6) is 0. The molecule has 2 rings (SSSR count). The highest BCUT2D eigenvalue weighted by molar-refractivity contribution is 4.99. The van der Waals surface area contributed by atoms with Gasteiger partial charge in [0.2, 0.25) is 0 Å². The second-order valence-electron chi connectivity index (χ2n) is 3.89. The van der Waals surface area contributed by atoms with Crippen LogP contribution in [0, 0.1) is 6.92 Å². The zero-order valence-electron chi connectivity index (χ0n) is 8.16. The summed E-state index contributed by atoms with van der Waals surface area (Å²) in [5, 5.41) is 7.80. The van der Waals surface area contributed by atoms with Gasteiger partial charge in [0.15, 0.2) is 0 Å². The van der Waals surface area contributed by atoms with Crippen LogP contribution in [-0.4, -0.2) is 22.4 Å². The van der Waals surface area contributed by atoms with Crippen LogP contribution in [0.2, 0.25) is 0 Å². The van der Waals surface area contributed by atoms with Gasteiger partial charge in [-0.1, -0.05) is 6.42 Å². The molecule has 1 aromatic rings. The van der Waals surface area contributed by atoms with Gasteiger partial charge < -0.3 is 5.32 Å². The Morgan fingerprint density at radius 3 is 3.15 bits per heavy atom. The van der Waals surface area contributed by atoms with Gasteiger partial charge in [-0.05, 0) is 31.9 Å². The topological polar surface area (TPSA) is 29.9 Å². The first-order valence-electron chi connectivity index (χ1n) is 5.07. The van der Waals surface area contributed by atoms with E-state index in [2.05, 4.69) is 23.5 Å². The maximum atomic E-state index is 4.29. The van der Waals surface area contributed by atoms with Gasteiger partial charge in [-0.15, -0.1) is 0 Å². The monoisotopic (exact) mass is 179 g/mol. The fourth-order valence-electron chi connectivity index (χ4n) is 1.87. The van der Waals surface area contributed by atoms with Gasteiger partial charge in [0.1, 0.15) is 0 Å². The SMILES string of the molecule is Cc1cnn(CC2CCCCN2)c1. The third-order valence-corrected chi connectivity index (χ3v) is 2.58. The van der Waals surface area contributed by atoms with Crippen LogP contribution < -0.4 is 5.32 Å². The van der Waals surface area contributed by atoms with E-state index in [1.807, 2.05) is 10.9 Å². The Hall–Kier alpha value is -0.830. The van der Waals surface area contributed by atoms with Crippen molar-refractivity contribution in [3.05, 3.63) is 18.0 Å². The van der Waals surface area contributed by atoms with E-state index in [1.54, 1.807) is 0 Å². The van der Waals surface area contributed by atoms with E-state index in [1.165, 1.54) is 31.4 Å². The minimum atomic E-state index is 0.632. The average molecular weight is 179 g/mol. The summed E-state index contributed by atoms with van der Waals surface area (Å²) in [6, 6.07) is 0.632. The number of aryl methyl sites for hydroxylation is 1. The Balaban J connectivity index is 1.89. The first-order chi connectivity index (χ1) is 6.34. The van der Waals surface area contributed by atoms with E-state index < -0.39 is 0 Å². The molecule has 3 heteroatoms. The van der Waals surface area contributed by atoms with Gasteiger partial charge in [0.05, 0.1) is 12.7 Å². The van der Waals surface area contributed by atoms with Crippen molar-refractivity contribution < 1.29 is 0 Å². The molecule has 1 fully saturated rings. The summed E-state index contributed by atoms with van der Waals surface area (Å²) in [7, 11) is 0. The third-order valence-electron chi connectivity index (χ3n) is 2.58. The van der Waals surface area contributed by atoms with Gasteiger partial charge in [0.25, 0.3) is 0 Å². The molecule has 1 aromatic heterocycles. The van der Waals surface area contributed by atoms with Crippen molar-refractivity contribution in [3.63, 3.8) is 0 Å². The van der Waals surface area contributed by atoms with Crippen molar-refractivity contribution >= 4 is 0 Å². The van der Waals surface area contributed by atoms with E-state index in [0.717, 1.165) is 6.54 Å². The molecule has 1 N–H and O–H groups in total. The molecule has 1 atom stereocenters. The van der Waals surface area contributed by atoms with Crippen LogP contribution in [0.4, 0.5) is 0 Å². The molecule has 0 radical (unpaired) electrons. The normalized spacial score (nSPS) is 23.3. The van der Waals surface area contributed by atoms with Crippen LogP contribution in [-0.2, 0) is 6.54 Å². The van der Waals surface area contributed by atoms with Crippen molar-refractivity contribution in [3.8, 4) is 0 Å². The summed E-state index contributed by atoms with van der Waals surface area (Å²) in [6.45, 7) is 4.27. The van der Waals surface area contributed by atoms with Gasteiger partial charge in [-0.25, -0.2) is 0 Å². The molecule has 2 heterocycles. The zero-order chi connectivity index (χ0) is 9.10. The molecule has 13 heavy (non-hydrogen) atoms. The van der Waals surface area contributed by atoms with Crippen LogP contribution >= 0.6 is 0 Å². The fourth-order valence-corrected chi connectivity index (χ4v) is 1.87. The largest absolute Gasteiger partial charge is 0.312 e. The Labute approximate surface area is 79.1 Å². The third kappa shape index (κ3) is 2.31. The standard InChI is InChI=1S/C10H17N3/c1-9-6-12-13(7-9)8-10-4-2-3-5-11-10/h6-7,10-11H,2-5,8H2,1H3. The summed E-state index contributed by atoms with van der Waals surface area (Å²) >= 11 is 0. The summed E-state index contributed by atoms with van der Waals surface area (Å²) < 4.78 is 2.04. The lowest BCUT2D eigenvalue weighted by Gasteiger charge is -2.23. The van der Waals surface area contributed by atoms with Crippen LogP contribution in [0.1, 0.15) is 24.8 Å². The molecule has 0 saturated carbocycles. The van der Waals surface area contributed by atoms with E-state index >= 15 is 0 Å². The molecule has 72 valence electrons. The molecular weight excluding hydrogens is 162 g/mol. The number of nitrogens with one attached hydrogen (secondary N) is 1. The van der Waals surface area contributed by atoms with Crippen molar-refractivity contribution in [1.82, 2.24) is 15.1 Å². The second-order valence-corrected chi connectivity index (χ2v) is 3.89. The van der Waals surface area contributed by atoms with Crippen molar-refractivity contribution in [1.29, 1.82) is 0 Å². The van der Waals surface area contributed by atoms with E-state index in [0.29, 0.717) is 6.04 Å². The predicted molar refractivity (Wildman–Crippen MR) is 52.6 cm³/mol. The molecule has 1 unspecified atom stereocenters. The van der Waals surface area contributed by atoms with Crippen LogP contribution in [0.3, 0.4) is 0 Å². The maximum absolute atomic E-state index is 4.29. The molecule has 1 saturated heterocycles. The lowest BCUT2D eigenvalue weighted by Crippen LogP contribution is -2.37. The molecule has 0 spiro atoms. The van der Waals surface area contributed by atoms with Crippen LogP contribution in [0.25, 0.3) is 0 Å². The smallest absolute Gasteiger partial charge is 0.0562 e. The second kappa shape index (κ2) is 3.92. The van der Waals surface area contributed by atoms with Gasteiger partial charge >= 0.3 is 0 Å². The molecule has 3 nitrogen and oxygen atoms in total. The number of hydrogen-bond donors (Lipinski definition) is 1. The Morgan fingerprint density at radius 2 is 2.54 bits per heavy atom. The Kier molecular flexibility index (Phi) is 2.64. The highest BCUT2D eigenvalue weighted by Crippen LogP contribution is 2.08. The molecular formula is C10H17N3. The lowest BCUT2D eigenvalue weighted by atomic mass is 10.1. The molecule has 1 aliphatic heterocycles. The Bertz CT molecular complexity index is 261. The van der Waals surface area contributed by atoms with E-state index in [9.17, 15) is 0 Å². The quantitative estimate of drug-likeness (QED) is 0.742. The number of aromatic nitrogens is 2. The molecule has 0 amide bonds. The number of nitrogens with zero attached hydrogens (tertiary/aromatic N) is 2. The molecule has 0 bridgehead atoms. The van der Waals surface area contributed by atoms with Crippen molar-refractivity contribution in [2.24, 2.45) is 0 Å². The van der Waals surface area contributed by atoms with Crippen molar-refractivity contribution in [2.45, 2.75) is 38.8 Å². The van der Waals surface area contributed by atoms with Gasteiger partial charge in [-0.3, -0.25) is 4.68 Å². The highest BCUT2D eigenvalue weighted by atomic mass is 15.3. The predicted octanol–water partition coefficient (Wildman–Crippen LogP) is 1.33. The molecule has 0 aromatic carbocycles. The summed E-state index contributed by atoms with van der Waals surface area (Å²) in [5.41, 5.74) is 1.25. The number of rotatable bonds is 2. The first kappa shape index (κ1) is 8.75. The first-order valence-corrected chi connectivity index (χ1v) is 5.07. The van der Waals surface area contributed by atoms with E-state index in [4.69, 9.17) is 0 Å². The fraction of sp³-hybridized carbons (Fsp3) is 0.700. The minimum absolute atomic E-state index is 0.632. The summed E-state index contributed by atoms with van der Waals surface area (Å²) in [6.07, 6.45) is 8.00. The van der Waals surface area contributed by atoms with E-state index in [-0.39, 0.29) is 0 Å². The average Bonchev–Trinajstić information content (AvgIpc) is 2.53. The Morgan fingerprint density at radius 1 is 1.62 bits per heavy atom. The minimum Gasteiger partial charge on any atom is -0.312 e. The number of hydrogen-bond acceptors (Lipinski definition) is 2. The summed E-state index contributed by atoms with van der Waals surface area (Å²) in [4.78, 5) is 0. The lowest BCUT2D eigenvalue weighted by molar-refractivity contribution is 0.351. The van der Waals surface area contributed by atoms with Crippen molar-refractivity contribution in [2.75, 3.05) is 6.54 Å². The zero-order valence-corrected chi connectivity index (χ0v) is 8.16. The maximum Gasteiger partial charge on any atom is 0.0562 e. The van der Waals surface area contributed by atoms with Gasteiger partial charge in [0, 0.05) is 12.2 Å². The van der Waals surface area contributed by atoms with Gasteiger partial charge in [-0.2, -0.15) is 5.10 Å². The molecule has 1 aliphatic rings. The molecule has 0 aliphatic carbocycles. The highest BCUT2D eigenvalue weighted by Gasteiger charge is 2.12.